The molecule has 78 valence electrons. The van der Waals surface area contributed by atoms with Gasteiger partial charge in [-0.15, -0.1) is 0 Å². The number of carboxylic acids is 1. The van der Waals surface area contributed by atoms with Crippen LogP contribution in [0.2, 0.25) is 0 Å². The van der Waals surface area contributed by atoms with Gasteiger partial charge in [-0.05, 0) is 13.3 Å². The minimum absolute atomic E-state index is 0.203. The van der Waals surface area contributed by atoms with Crippen LogP contribution in [-0.4, -0.2) is 27.1 Å². The van der Waals surface area contributed by atoms with E-state index in [1.54, 1.807) is 12.5 Å². The number of carbonyl (C=O) groups is 1. The number of carboxylic acid groups (broad SMARTS) is 1. The van der Waals surface area contributed by atoms with Gasteiger partial charge in [0.25, 0.3) is 0 Å². The maximum atomic E-state index is 10.3. The van der Waals surface area contributed by atoms with Crippen molar-refractivity contribution in [2.24, 2.45) is 0 Å². The molecule has 1 atom stereocenters. The van der Waals surface area contributed by atoms with Crippen LogP contribution < -0.4 is 5.32 Å². The molecule has 1 rings (SSSR count). The molecule has 1 unspecified atom stereocenters. The Balaban J connectivity index is 2.15. The molecule has 1 heterocycles. The summed E-state index contributed by atoms with van der Waals surface area (Å²) in [6.07, 6.45) is 4.22. The zero-order valence-electron chi connectivity index (χ0n) is 8.16. The molecular weight excluding hydrogens is 182 g/mol. The van der Waals surface area contributed by atoms with Crippen molar-refractivity contribution in [3.63, 3.8) is 0 Å². The topological polar surface area (TPSA) is 78.0 Å². The molecule has 0 spiro atoms. The summed E-state index contributed by atoms with van der Waals surface area (Å²) in [7, 11) is 0. The molecule has 5 heteroatoms. The number of aromatic amines is 1. The highest BCUT2D eigenvalue weighted by Crippen LogP contribution is 1.98. The lowest BCUT2D eigenvalue weighted by Crippen LogP contribution is -2.26. The molecule has 3 N–H and O–H groups in total. The monoisotopic (exact) mass is 197 g/mol. The number of nitrogens with one attached hydrogen (secondary N) is 2. The van der Waals surface area contributed by atoms with Crippen LogP contribution in [0.4, 0.5) is 0 Å². The van der Waals surface area contributed by atoms with Crippen LogP contribution in [0.15, 0.2) is 12.5 Å². The Morgan fingerprint density at radius 1 is 1.79 bits per heavy atom. The average Bonchev–Trinajstić information content (AvgIpc) is 2.63. The van der Waals surface area contributed by atoms with Crippen LogP contribution >= 0.6 is 0 Å². The van der Waals surface area contributed by atoms with Crippen molar-refractivity contribution >= 4 is 5.97 Å². The van der Waals surface area contributed by atoms with E-state index in [0.717, 1.165) is 5.69 Å². The molecule has 1 aromatic rings. The summed E-state index contributed by atoms with van der Waals surface area (Å²) in [5, 5.41) is 11.7. The summed E-state index contributed by atoms with van der Waals surface area (Å²) in [5.74, 6) is -0.750. The summed E-state index contributed by atoms with van der Waals surface area (Å²) >= 11 is 0. The SMILES string of the molecule is CC(CCC(=O)O)NCc1cnc[nH]1. The van der Waals surface area contributed by atoms with E-state index in [9.17, 15) is 4.79 Å². The molecule has 0 amide bonds. The zero-order valence-corrected chi connectivity index (χ0v) is 8.16. The second-order valence-corrected chi connectivity index (χ2v) is 3.29. The van der Waals surface area contributed by atoms with Crippen molar-refractivity contribution in [2.45, 2.75) is 32.4 Å². The van der Waals surface area contributed by atoms with Gasteiger partial charge in [-0.2, -0.15) is 0 Å². The van der Waals surface area contributed by atoms with Crippen LogP contribution in [0.5, 0.6) is 0 Å². The molecule has 0 aliphatic heterocycles. The third-order valence-electron chi connectivity index (χ3n) is 1.99. The summed E-state index contributed by atoms with van der Waals surface area (Å²) < 4.78 is 0. The average molecular weight is 197 g/mol. The third kappa shape index (κ3) is 4.04. The van der Waals surface area contributed by atoms with Crippen LogP contribution in [-0.2, 0) is 11.3 Å². The van der Waals surface area contributed by atoms with E-state index in [2.05, 4.69) is 15.3 Å². The second-order valence-electron chi connectivity index (χ2n) is 3.29. The van der Waals surface area contributed by atoms with Crippen molar-refractivity contribution in [2.75, 3.05) is 0 Å². The van der Waals surface area contributed by atoms with Gasteiger partial charge in [0.2, 0.25) is 0 Å². The Labute approximate surface area is 82.6 Å². The van der Waals surface area contributed by atoms with E-state index in [0.29, 0.717) is 13.0 Å². The maximum absolute atomic E-state index is 10.3. The highest BCUT2D eigenvalue weighted by atomic mass is 16.4. The van der Waals surface area contributed by atoms with Gasteiger partial charge < -0.3 is 15.4 Å². The van der Waals surface area contributed by atoms with E-state index in [1.165, 1.54) is 0 Å². The van der Waals surface area contributed by atoms with Crippen molar-refractivity contribution in [1.29, 1.82) is 0 Å². The molecule has 0 bridgehead atoms. The summed E-state index contributed by atoms with van der Waals surface area (Å²) in [6.45, 7) is 2.67. The Morgan fingerprint density at radius 2 is 2.57 bits per heavy atom. The van der Waals surface area contributed by atoms with Gasteiger partial charge in [0.1, 0.15) is 0 Å². The first-order chi connectivity index (χ1) is 6.68. The molecule has 0 aliphatic rings. The minimum Gasteiger partial charge on any atom is -0.481 e. The second kappa shape index (κ2) is 5.39. The van der Waals surface area contributed by atoms with Gasteiger partial charge in [-0.1, -0.05) is 0 Å². The van der Waals surface area contributed by atoms with Crippen molar-refractivity contribution < 1.29 is 9.90 Å². The third-order valence-corrected chi connectivity index (χ3v) is 1.99. The number of H-pyrrole nitrogens is 1. The van der Waals surface area contributed by atoms with Crippen LogP contribution in [0, 0.1) is 0 Å². The lowest BCUT2D eigenvalue weighted by Gasteiger charge is -2.11. The molecule has 0 aliphatic carbocycles. The Kier molecular flexibility index (Phi) is 4.12. The predicted octanol–water partition coefficient (Wildman–Crippen LogP) is 0.753. The Morgan fingerprint density at radius 3 is 3.14 bits per heavy atom. The normalized spacial score (nSPS) is 12.6. The number of aliphatic carboxylic acids is 1. The number of imidazole rings is 1. The highest BCUT2D eigenvalue weighted by molar-refractivity contribution is 5.66. The summed E-state index contributed by atoms with van der Waals surface area (Å²) in [6, 6.07) is 0.203. The first-order valence-corrected chi connectivity index (χ1v) is 4.61. The number of aromatic nitrogens is 2. The number of hydrogen-bond acceptors (Lipinski definition) is 3. The fourth-order valence-corrected chi connectivity index (χ4v) is 1.11. The fraction of sp³-hybridized carbons (Fsp3) is 0.556. The highest BCUT2D eigenvalue weighted by Gasteiger charge is 2.04. The van der Waals surface area contributed by atoms with Gasteiger partial charge >= 0.3 is 5.97 Å². The molecule has 0 aromatic carbocycles. The molecule has 0 radical (unpaired) electrons. The molecule has 1 aromatic heterocycles. The lowest BCUT2D eigenvalue weighted by molar-refractivity contribution is -0.137. The van der Waals surface area contributed by atoms with Gasteiger partial charge in [-0.25, -0.2) is 4.98 Å². The van der Waals surface area contributed by atoms with E-state index >= 15 is 0 Å². The van der Waals surface area contributed by atoms with Crippen LogP contribution in [0.1, 0.15) is 25.5 Å². The molecule has 14 heavy (non-hydrogen) atoms. The quantitative estimate of drug-likeness (QED) is 0.629. The molecule has 5 nitrogen and oxygen atoms in total. The zero-order chi connectivity index (χ0) is 10.4. The smallest absolute Gasteiger partial charge is 0.303 e. The van der Waals surface area contributed by atoms with Gasteiger partial charge in [0.15, 0.2) is 0 Å². The molecular formula is C9H15N3O2. The van der Waals surface area contributed by atoms with Gasteiger partial charge in [0, 0.05) is 30.9 Å². The van der Waals surface area contributed by atoms with E-state index in [-0.39, 0.29) is 12.5 Å². The van der Waals surface area contributed by atoms with Crippen molar-refractivity contribution in [3.8, 4) is 0 Å². The molecule has 0 saturated heterocycles. The number of rotatable bonds is 6. The minimum atomic E-state index is -0.750. The largest absolute Gasteiger partial charge is 0.481 e. The first-order valence-electron chi connectivity index (χ1n) is 4.61. The summed E-state index contributed by atoms with van der Waals surface area (Å²) in [5.41, 5.74) is 1.01. The standard InChI is InChI=1S/C9H15N3O2/c1-7(2-3-9(13)14)11-5-8-4-10-6-12-8/h4,6-7,11H,2-3,5H2,1H3,(H,10,12)(H,13,14). The summed E-state index contributed by atoms with van der Waals surface area (Å²) in [4.78, 5) is 17.1. The predicted molar refractivity (Wildman–Crippen MR) is 51.8 cm³/mol. The van der Waals surface area contributed by atoms with Crippen molar-refractivity contribution in [3.05, 3.63) is 18.2 Å². The number of hydrogen-bond donors (Lipinski definition) is 3. The molecule has 0 saturated carbocycles. The van der Waals surface area contributed by atoms with Gasteiger partial charge in [0.05, 0.1) is 6.33 Å². The van der Waals surface area contributed by atoms with E-state index in [1.807, 2.05) is 6.92 Å². The van der Waals surface area contributed by atoms with Crippen LogP contribution in [0.3, 0.4) is 0 Å². The van der Waals surface area contributed by atoms with E-state index in [4.69, 9.17) is 5.11 Å². The Hall–Kier alpha value is -1.36. The van der Waals surface area contributed by atoms with E-state index < -0.39 is 5.97 Å². The lowest BCUT2D eigenvalue weighted by atomic mass is 10.2. The Bertz CT molecular complexity index is 272. The maximum Gasteiger partial charge on any atom is 0.303 e. The molecule has 0 fully saturated rings. The first kappa shape index (κ1) is 10.7. The fourth-order valence-electron chi connectivity index (χ4n) is 1.11. The van der Waals surface area contributed by atoms with Crippen LogP contribution in [0.25, 0.3) is 0 Å². The number of nitrogens with zero attached hydrogens (tertiary/aromatic N) is 1. The van der Waals surface area contributed by atoms with Gasteiger partial charge in [-0.3, -0.25) is 4.79 Å². The van der Waals surface area contributed by atoms with Crippen molar-refractivity contribution in [1.82, 2.24) is 15.3 Å².